The van der Waals surface area contributed by atoms with Gasteiger partial charge in [0.25, 0.3) is 11.5 Å². The molecule has 0 atom stereocenters. The van der Waals surface area contributed by atoms with Gasteiger partial charge in [-0.2, -0.15) is 5.10 Å². The molecule has 1 aliphatic heterocycles. The van der Waals surface area contributed by atoms with E-state index in [1.807, 2.05) is 17.0 Å². The van der Waals surface area contributed by atoms with Crippen LogP contribution in [0.25, 0.3) is 0 Å². The van der Waals surface area contributed by atoms with Crippen LogP contribution in [0.2, 0.25) is 0 Å². The Bertz CT molecular complexity index is 1140. The maximum absolute atomic E-state index is 13.3. The van der Waals surface area contributed by atoms with Gasteiger partial charge in [0, 0.05) is 45.1 Å². The fourth-order valence-electron chi connectivity index (χ4n) is 4.38. The number of rotatable bonds is 7. The lowest BCUT2D eigenvalue weighted by molar-refractivity contribution is 0.0663. The normalized spacial score (nSPS) is 14.8. The molecule has 1 aliphatic rings. The van der Waals surface area contributed by atoms with Crippen LogP contribution in [0, 0.1) is 12.8 Å². The number of nitrogens with zero attached hydrogens (tertiary/aromatic N) is 5. The third kappa shape index (κ3) is 5.93. The Morgan fingerprint density at radius 3 is 2.58 bits per heavy atom. The second-order valence-electron chi connectivity index (χ2n) is 8.87. The van der Waals surface area contributed by atoms with Gasteiger partial charge in [0.2, 0.25) is 0 Å². The fraction of sp³-hybridized carbons (Fsp3) is 0.385. The molecule has 4 rings (SSSR count). The molecule has 0 saturated carbocycles. The van der Waals surface area contributed by atoms with Crippen molar-refractivity contribution in [3.8, 4) is 0 Å². The first kappa shape index (κ1) is 22.9. The van der Waals surface area contributed by atoms with Crippen LogP contribution in [-0.2, 0) is 20.1 Å². The summed E-state index contributed by atoms with van der Waals surface area (Å²) in [7, 11) is 1.56. The monoisotopic (exact) mass is 445 g/mol. The third-order valence-corrected chi connectivity index (χ3v) is 6.40. The standard InChI is InChI=1S/C26H31N5O2/c1-20-6-3-4-8-23(20)19-30-14-11-21(12-15-30)17-31(18-22-7-5-13-27-16-22)26(33)24-9-10-25(32)29(2)28-24/h3-10,13,16,21H,11-12,14-15,17-19H2,1-2H3. The predicted octanol–water partition coefficient (Wildman–Crippen LogP) is 3.04. The van der Waals surface area contributed by atoms with Crippen molar-refractivity contribution in [2.45, 2.75) is 32.9 Å². The van der Waals surface area contributed by atoms with Gasteiger partial charge in [0.15, 0.2) is 0 Å². The van der Waals surface area contributed by atoms with Gasteiger partial charge >= 0.3 is 0 Å². The zero-order chi connectivity index (χ0) is 23.2. The van der Waals surface area contributed by atoms with E-state index >= 15 is 0 Å². The first-order chi connectivity index (χ1) is 16.0. The number of carbonyl (C=O) groups is 1. The summed E-state index contributed by atoms with van der Waals surface area (Å²) in [5, 5.41) is 4.18. The van der Waals surface area contributed by atoms with E-state index in [4.69, 9.17) is 0 Å². The molecule has 0 unspecified atom stereocenters. The molecular weight excluding hydrogens is 414 g/mol. The van der Waals surface area contributed by atoms with E-state index in [0.717, 1.165) is 38.0 Å². The molecule has 0 spiro atoms. The first-order valence-electron chi connectivity index (χ1n) is 11.5. The number of hydrogen-bond donors (Lipinski definition) is 0. The highest BCUT2D eigenvalue weighted by Gasteiger charge is 2.26. The molecule has 0 aliphatic carbocycles. The van der Waals surface area contributed by atoms with E-state index in [1.54, 1.807) is 19.4 Å². The Hall–Kier alpha value is -3.32. The zero-order valence-corrected chi connectivity index (χ0v) is 19.4. The lowest BCUT2D eigenvalue weighted by Gasteiger charge is -2.35. The summed E-state index contributed by atoms with van der Waals surface area (Å²) in [5.41, 5.74) is 3.75. The summed E-state index contributed by atoms with van der Waals surface area (Å²) in [4.78, 5) is 33.6. The number of aryl methyl sites for hydroxylation is 2. The highest BCUT2D eigenvalue weighted by atomic mass is 16.2. The summed E-state index contributed by atoms with van der Waals surface area (Å²) >= 11 is 0. The van der Waals surface area contributed by atoms with Gasteiger partial charge in [0.1, 0.15) is 5.69 Å². The maximum atomic E-state index is 13.3. The molecule has 3 heterocycles. The lowest BCUT2D eigenvalue weighted by atomic mass is 9.95. The Morgan fingerprint density at radius 2 is 1.88 bits per heavy atom. The summed E-state index contributed by atoms with van der Waals surface area (Å²) in [6, 6.07) is 15.3. The van der Waals surface area contributed by atoms with Crippen LogP contribution >= 0.6 is 0 Å². The predicted molar refractivity (Wildman–Crippen MR) is 128 cm³/mol. The third-order valence-electron chi connectivity index (χ3n) is 6.40. The zero-order valence-electron chi connectivity index (χ0n) is 19.4. The number of aromatic nitrogens is 3. The van der Waals surface area contributed by atoms with E-state index in [2.05, 4.69) is 46.2 Å². The van der Waals surface area contributed by atoms with Crippen LogP contribution in [0.1, 0.15) is 40.0 Å². The van der Waals surface area contributed by atoms with E-state index in [0.29, 0.717) is 19.0 Å². The van der Waals surface area contributed by atoms with Crippen molar-refractivity contribution in [1.82, 2.24) is 24.6 Å². The number of pyridine rings is 1. The SMILES string of the molecule is Cc1ccccc1CN1CCC(CN(Cc2cccnc2)C(=O)c2ccc(=O)n(C)n2)CC1. The maximum Gasteiger partial charge on any atom is 0.274 e. The number of hydrogen-bond acceptors (Lipinski definition) is 5. The van der Waals surface area contributed by atoms with E-state index in [-0.39, 0.29) is 17.2 Å². The first-order valence-corrected chi connectivity index (χ1v) is 11.5. The topological polar surface area (TPSA) is 71.3 Å². The Balaban J connectivity index is 1.43. The molecule has 1 aromatic carbocycles. The van der Waals surface area contributed by atoms with Gasteiger partial charge in [0.05, 0.1) is 0 Å². The molecule has 172 valence electrons. The van der Waals surface area contributed by atoms with Gasteiger partial charge in [-0.15, -0.1) is 0 Å². The van der Waals surface area contributed by atoms with Gasteiger partial charge in [-0.1, -0.05) is 30.3 Å². The molecule has 1 amide bonds. The highest BCUT2D eigenvalue weighted by molar-refractivity contribution is 5.92. The largest absolute Gasteiger partial charge is 0.333 e. The van der Waals surface area contributed by atoms with Crippen molar-refractivity contribution >= 4 is 5.91 Å². The van der Waals surface area contributed by atoms with Gasteiger partial charge in [-0.05, 0) is 67.6 Å². The molecule has 7 heteroatoms. The minimum atomic E-state index is -0.230. The van der Waals surface area contributed by atoms with Crippen molar-refractivity contribution in [2.75, 3.05) is 19.6 Å². The molecule has 2 aromatic heterocycles. The number of likely N-dealkylation sites (tertiary alicyclic amines) is 1. The second kappa shape index (κ2) is 10.5. The lowest BCUT2D eigenvalue weighted by Crippen LogP contribution is -2.41. The van der Waals surface area contributed by atoms with Crippen molar-refractivity contribution in [3.05, 3.63) is 93.7 Å². The van der Waals surface area contributed by atoms with E-state index in [9.17, 15) is 9.59 Å². The fourth-order valence-corrected chi connectivity index (χ4v) is 4.38. The minimum absolute atomic E-state index is 0.156. The van der Waals surface area contributed by atoms with Crippen LogP contribution < -0.4 is 5.56 Å². The van der Waals surface area contributed by atoms with Crippen molar-refractivity contribution in [1.29, 1.82) is 0 Å². The van der Waals surface area contributed by atoms with E-state index < -0.39 is 0 Å². The quantitative estimate of drug-likeness (QED) is 0.559. The van der Waals surface area contributed by atoms with Crippen molar-refractivity contribution < 1.29 is 4.79 Å². The average Bonchev–Trinajstić information content (AvgIpc) is 2.83. The van der Waals surface area contributed by atoms with Crippen molar-refractivity contribution in [3.63, 3.8) is 0 Å². The molecule has 1 fully saturated rings. The second-order valence-corrected chi connectivity index (χ2v) is 8.87. The Kier molecular flexibility index (Phi) is 7.29. The number of amides is 1. The van der Waals surface area contributed by atoms with Gasteiger partial charge in [-0.25, -0.2) is 4.68 Å². The number of benzene rings is 1. The van der Waals surface area contributed by atoms with Crippen LogP contribution in [0.3, 0.4) is 0 Å². The molecule has 0 bridgehead atoms. The van der Waals surface area contributed by atoms with Crippen molar-refractivity contribution in [2.24, 2.45) is 13.0 Å². The molecule has 0 N–H and O–H groups in total. The van der Waals surface area contributed by atoms with Gasteiger partial charge < -0.3 is 4.90 Å². The molecule has 3 aromatic rings. The molecule has 7 nitrogen and oxygen atoms in total. The average molecular weight is 446 g/mol. The summed E-state index contributed by atoms with van der Waals surface area (Å²) in [5.74, 6) is 0.267. The van der Waals surface area contributed by atoms with Crippen LogP contribution in [0.5, 0.6) is 0 Å². The summed E-state index contributed by atoms with van der Waals surface area (Å²) in [6.07, 6.45) is 5.61. The molecule has 0 radical (unpaired) electrons. The van der Waals surface area contributed by atoms with Crippen LogP contribution in [0.4, 0.5) is 0 Å². The summed E-state index contributed by atoms with van der Waals surface area (Å²) < 4.78 is 1.21. The molecule has 1 saturated heterocycles. The van der Waals surface area contributed by atoms with Gasteiger partial charge in [-0.3, -0.25) is 19.5 Å². The highest BCUT2D eigenvalue weighted by Crippen LogP contribution is 2.22. The Morgan fingerprint density at radius 1 is 1.09 bits per heavy atom. The Labute approximate surface area is 194 Å². The molecular formula is C26H31N5O2. The minimum Gasteiger partial charge on any atom is -0.333 e. The van der Waals surface area contributed by atoms with Crippen LogP contribution in [-0.4, -0.2) is 50.1 Å². The molecule has 33 heavy (non-hydrogen) atoms. The van der Waals surface area contributed by atoms with E-state index in [1.165, 1.54) is 27.9 Å². The summed E-state index contributed by atoms with van der Waals surface area (Å²) in [6.45, 7) is 6.31. The van der Waals surface area contributed by atoms with Crippen LogP contribution in [0.15, 0.2) is 65.7 Å². The number of piperidine rings is 1. The number of carbonyl (C=O) groups excluding carboxylic acids is 1. The smallest absolute Gasteiger partial charge is 0.274 e.